The van der Waals surface area contributed by atoms with Gasteiger partial charge in [0.2, 0.25) is 0 Å². The Hall–Kier alpha value is -4.21. The van der Waals surface area contributed by atoms with E-state index in [2.05, 4.69) is 21.3 Å². The van der Waals surface area contributed by atoms with Crippen LogP contribution in [0.25, 0.3) is 21.6 Å². The van der Waals surface area contributed by atoms with Gasteiger partial charge >= 0.3 is 5.97 Å². The van der Waals surface area contributed by atoms with E-state index in [1.54, 1.807) is 35.6 Å². The Labute approximate surface area is 236 Å². The number of amides is 1. The second kappa shape index (κ2) is 11.1. The number of nitrogens with two attached hydrogens (primary N) is 1. The van der Waals surface area contributed by atoms with E-state index in [1.165, 1.54) is 5.56 Å². The van der Waals surface area contributed by atoms with Gasteiger partial charge < -0.3 is 25.8 Å². The number of carboxylic acid groups (broad SMARTS) is 1. The number of aromatic carboxylic acids is 1. The van der Waals surface area contributed by atoms with Crippen LogP contribution < -0.4 is 20.7 Å². The summed E-state index contributed by atoms with van der Waals surface area (Å²) in [5.74, 6) is -0.233. The van der Waals surface area contributed by atoms with E-state index in [1.807, 2.05) is 29.6 Å². The summed E-state index contributed by atoms with van der Waals surface area (Å²) in [6.45, 7) is 2.59. The summed E-state index contributed by atoms with van der Waals surface area (Å²) in [7, 11) is 0. The molecule has 2 aromatic heterocycles. The van der Waals surface area contributed by atoms with Crippen molar-refractivity contribution in [2.24, 2.45) is 5.73 Å². The molecule has 2 aromatic carbocycles. The predicted octanol–water partition coefficient (Wildman–Crippen LogP) is 5.81. The summed E-state index contributed by atoms with van der Waals surface area (Å²) in [5, 5.41) is 15.2. The fraction of sp³-hybridized carbons (Fsp3) is 0.258. The first kappa shape index (κ1) is 26.0. The van der Waals surface area contributed by atoms with Crippen LogP contribution in [0.15, 0.2) is 60.0 Å². The van der Waals surface area contributed by atoms with Gasteiger partial charge in [-0.3, -0.25) is 4.79 Å². The molecular weight excluding hydrogens is 524 g/mol. The summed E-state index contributed by atoms with van der Waals surface area (Å²) in [6.07, 6.45) is 4.02. The maximum absolute atomic E-state index is 13.8. The quantitative estimate of drug-likeness (QED) is 0.275. The van der Waals surface area contributed by atoms with Gasteiger partial charge in [-0.1, -0.05) is 12.1 Å². The average molecular weight is 555 g/mol. The van der Waals surface area contributed by atoms with Crippen LogP contribution in [0.4, 0.5) is 11.5 Å². The van der Waals surface area contributed by atoms with E-state index < -0.39 is 5.97 Å². The highest BCUT2D eigenvalue weighted by Gasteiger charge is 2.26. The van der Waals surface area contributed by atoms with Crippen molar-refractivity contribution < 1.29 is 19.4 Å². The van der Waals surface area contributed by atoms with E-state index >= 15 is 0 Å². The van der Waals surface area contributed by atoms with Gasteiger partial charge in [-0.05, 0) is 78.2 Å². The minimum absolute atomic E-state index is 0.0881. The van der Waals surface area contributed by atoms with Gasteiger partial charge in [0.15, 0.2) is 5.69 Å². The lowest BCUT2D eigenvalue weighted by Crippen LogP contribution is -2.30. The lowest BCUT2D eigenvalue weighted by Gasteiger charge is -2.28. The fourth-order valence-electron chi connectivity index (χ4n) is 5.38. The van der Waals surface area contributed by atoms with Crippen LogP contribution in [0.5, 0.6) is 5.75 Å². The zero-order valence-corrected chi connectivity index (χ0v) is 22.8. The highest BCUT2D eigenvalue weighted by molar-refractivity contribution is 7.13. The Morgan fingerprint density at radius 2 is 1.80 bits per heavy atom. The first-order valence-electron chi connectivity index (χ1n) is 13.5. The molecule has 204 valence electrons. The Morgan fingerprint density at radius 3 is 2.55 bits per heavy atom. The highest BCUT2D eigenvalue weighted by atomic mass is 32.1. The standard InChI is InChI=1S/C31H30N4O4S/c32-18-19-4-6-21(7-5-19)33-30(36)24-16-25-26(39-14-10-20-11-15-40-29(20)25)17-23(24)22-8-9-27(34-28(22)31(37)38)35-12-2-1-3-13-35/h4-9,11,15-17H,1-3,10,12-14,18,32H2,(H,33,36)(H,37,38). The number of carboxylic acids is 1. The van der Waals surface area contributed by atoms with E-state index in [0.29, 0.717) is 47.1 Å². The zero-order chi connectivity index (χ0) is 27.6. The number of pyridine rings is 1. The van der Waals surface area contributed by atoms with Crippen molar-refractivity contribution in [2.45, 2.75) is 32.2 Å². The number of anilines is 2. The number of carbonyl (C=O) groups is 2. The smallest absolute Gasteiger partial charge is 0.355 e. The molecule has 1 saturated heterocycles. The second-order valence-electron chi connectivity index (χ2n) is 10.0. The van der Waals surface area contributed by atoms with Gasteiger partial charge in [-0.2, -0.15) is 0 Å². The molecule has 0 saturated carbocycles. The summed E-state index contributed by atoms with van der Waals surface area (Å²) < 4.78 is 6.14. The predicted molar refractivity (Wildman–Crippen MR) is 157 cm³/mol. The third kappa shape index (κ3) is 5.05. The molecule has 6 rings (SSSR count). The number of ether oxygens (including phenoxy) is 1. The number of piperidine rings is 1. The van der Waals surface area contributed by atoms with Gasteiger partial charge in [-0.15, -0.1) is 11.3 Å². The topological polar surface area (TPSA) is 118 Å². The molecule has 0 bridgehead atoms. The molecule has 2 aliphatic rings. The third-order valence-electron chi connectivity index (χ3n) is 7.49. The molecular formula is C31H30N4O4S. The molecule has 4 aromatic rings. The number of rotatable bonds is 6. The Balaban J connectivity index is 1.48. The molecule has 4 heterocycles. The van der Waals surface area contributed by atoms with Crippen molar-refractivity contribution in [3.8, 4) is 27.3 Å². The van der Waals surface area contributed by atoms with Crippen molar-refractivity contribution in [1.82, 2.24) is 4.98 Å². The maximum atomic E-state index is 13.8. The van der Waals surface area contributed by atoms with Crippen LogP contribution in [0.1, 0.15) is 51.2 Å². The van der Waals surface area contributed by atoms with Crippen molar-refractivity contribution in [1.29, 1.82) is 0 Å². The number of benzene rings is 2. The van der Waals surface area contributed by atoms with Crippen LogP contribution in [-0.4, -0.2) is 41.7 Å². The first-order chi connectivity index (χ1) is 19.5. The van der Waals surface area contributed by atoms with Crippen molar-refractivity contribution in [3.63, 3.8) is 0 Å². The number of fused-ring (bicyclic) bond motifs is 3. The molecule has 2 aliphatic heterocycles. The van der Waals surface area contributed by atoms with Crippen LogP contribution in [0.2, 0.25) is 0 Å². The largest absolute Gasteiger partial charge is 0.493 e. The fourth-order valence-corrected chi connectivity index (χ4v) is 6.35. The summed E-state index contributed by atoms with van der Waals surface area (Å²) in [6, 6.07) is 16.7. The lowest BCUT2D eigenvalue weighted by molar-refractivity contribution is 0.0691. The molecule has 4 N–H and O–H groups in total. The lowest BCUT2D eigenvalue weighted by atomic mass is 9.93. The number of carbonyl (C=O) groups excluding carboxylic acids is 1. The second-order valence-corrected chi connectivity index (χ2v) is 11.0. The molecule has 1 fully saturated rings. The summed E-state index contributed by atoms with van der Waals surface area (Å²) in [4.78, 5) is 34.1. The molecule has 0 unspecified atom stereocenters. The number of hydrogen-bond acceptors (Lipinski definition) is 7. The Morgan fingerprint density at radius 1 is 1.00 bits per heavy atom. The number of nitrogens with zero attached hydrogens (tertiary/aromatic N) is 2. The number of nitrogens with one attached hydrogen (secondary N) is 1. The zero-order valence-electron chi connectivity index (χ0n) is 22.0. The van der Waals surface area contributed by atoms with Crippen LogP contribution in [-0.2, 0) is 13.0 Å². The van der Waals surface area contributed by atoms with Gasteiger partial charge in [0, 0.05) is 58.9 Å². The normalized spacial score (nSPS) is 14.5. The minimum Gasteiger partial charge on any atom is -0.493 e. The molecule has 9 heteroatoms. The van der Waals surface area contributed by atoms with Gasteiger partial charge in [0.25, 0.3) is 5.91 Å². The number of thiophene rings is 1. The van der Waals surface area contributed by atoms with E-state index in [9.17, 15) is 14.7 Å². The molecule has 1 amide bonds. The summed E-state index contributed by atoms with van der Waals surface area (Å²) >= 11 is 1.60. The van der Waals surface area contributed by atoms with Crippen molar-refractivity contribution in [3.05, 3.63) is 82.4 Å². The average Bonchev–Trinajstić information content (AvgIpc) is 3.38. The monoisotopic (exact) mass is 554 g/mol. The first-order valence-corrected chi connectivity index (χ1v) is 14.4. The maximum Gasteiger partial charge on any atom is 0.355 e. The molecule has 8 nitrogen and oxygen atoms in total. The Bertz CT molecular complexity index is 1570. The van der Waals surface area contributed by atoms with Crippen molar-refractivity contribution in [2.75, 3.05) is 29.9 Å². The van der Waals surface area contributed by atoms with Crippen molar-refractivity contribution >= 4 is 34.7 Å². The van der Waals surface area contributed by atoms with Crippen LogP contribution in [0, 0.1) is 0 Å². The van der Waals surface area contributed by atoms with E-state index in [-0.39, 0.29) is 11.6 Å². The number of hydrogen-bond donors (Lipinski definition) is 3. The molecule has 0 aliphatic carbocycles. The van der Waals surface area contributed by atoms with Gasteiger partial charge in [0.1, 0.15) is 11.6 Å². The molecule has 40 heavy (non-hydrogen) atoms. The SMILES string of the molecule is NCc1ccc(NC(=O)c2cc3c(cc2-c2ccc(N4CCCCC4)nc2C(=O)O)OCCc2ccsc2-3)cc1. The van der Waals surface area contributed by atoms with E-state index in [0.717, 1.165) is 54.8 Å². The Kier molecular flexibility index (Phi) is 7.23. The minimum atomic E-state index is -1.14. The van der Waals surface area contributed by atoms with Crippen LogP contribution >= 0.6 is 11.3 Å². The third-order valence-corrected chi connectivity index (χ3v) is 8.48. The van der Waals surface area contributed by atoms with E-state index in [4.69, 9.17) is 10.5 Å². The van der Waals surface area contributed by atoms with Gasteiger partial charge in [-0.25, -0.2) is 9.78 Å². The van der Waals surface area contributed by atoms with Crippen LogP contribution in [0.3, 0.4) is 0 Å². The highest BCUT2D eigenvalue weighted by Crippen LogP contribution is 2.43. The number of aromatic nitrogens is 1. The van der Waals surface area contributed by atoms with Gasteiger partial charge in [0.05, 0.1) is 6.61 Å². The molecule has 0 radical (unpaired) electrons. The summed E-state index contributed by atoms with van der Waals surface area (Å²) in [5.41, 5.74) is 10.4. The molecule has 0 atom stereocenters. The molecule has 0 spiro atoms.